The average molecular weight is 274 g/mol. The number of carbonyl (C=O) groups is 1. The number of benzene rings is 1. The zero-order chi connectivity index (χ0) is 14.7. The van der Waals surface area contributed by atoms with Gasteiger partial charge in [-0.15, -0.1) is 0 Å². The zero-order valence-corrected chi connectivity index (χ0v) is 11.9. The van der Waals surface area contributed by atoms with Gasteiger partial charge in [-0.25, -0.2) is 4.79 Å². The smallest absolute Gasteiger partial charge is 0.336 e. The lowest BCUT2D eigenvalue weighted by Gasteiger charge is -2.11. The minimum absolute atomic E-state index is 0.102. The van der Waals surface area contributed by atoms with E-state index in [1.54, 1.807) is 18.2 Å². The molecular weight excluding hydrogens is 256 g/mol. The van der Waals surface area contributed by atoms with Crippen LogP contribution in [0.3, 0.4) is 0 Å². The molecule has 0 aliphatic heterocycles. The molecule has 1 aromatic heterocycles. The molecule has 0 unspecified atom stereocenters. The van der Waals surface area contributed by atoms with Crippen molar-refractivity contribution in [1.82, 2.24) is 0 Å². The lowest BCUT2D eigenvalue weighted by Crippen LogP contribution is -2.19. The summed E-state index contributed by atoms with van der Waals surface area (Å²) in [6.07, 6.45) is 1.49. The van der Waals surface area contributed by atoms with Gasteiger partial charge < -0.3 is 9.15 Å². The molecule has 0 saturated heterocycles. The Morgan fingerprint density at radius 2 is 1.95 bits per heavy atom. The quantitative estimate of drug-likeness (QED) is 0.487. The summed E-state index contributed by atoms with van der Waals surface area (Å²) in [6, 6.07) is 6.54. The molecule has 0 atom stereocenters. The normalized spacial score (nSPS) is 11.0. The van der Waals surface area contributed by atoms with Gasteiger partial charge >= 0.3 is 11.6 Å². The second kappa shape index (κ2) is 5.90. The largest absolute Gasteiger partial charge is 0.426 e. The monoisotopic (exact) mass is 274 g/mol. The van der Waals surface area contributed by atoms with Crippen LogP contribution in [0.25, 0.3) is 11.0 Å². The number of carbonyl (C=O) groups excluding carboxylic acids is 1. The number of hydrogen-bond donors (Lipinski definition) is 0. The van der Waals surface area contributed by atoms with Crippen LogP contribution in [0.1, 0.15) is 32.3 Å². The van der Waals surface area contributed by atoms with E-state index in [9.17, 15) is 9.59 Å². The fourth-order valence-corrected chi connectivity index (χ4v) is 2.19. The van der Waals surface area contributed by atoms with Crippen LogP contribution in [-0.4, -0.2) is 5.97 Å². The van der Waals surface area contributed by atoms with Crippen molar-refractivity contribution in [2.45, 2.75) is 33.6 Å². The van der Waals surface area contributed by atoms with E-state index in [1.165, 1.54) is 6.07 Å². The van der Waals surface area contributed by atoms with E-state index in [0.717, 1.165) is 23.8 Å². The van der Waals surface area contributed by atoms with Gasteiger partial charge in [0, 0.05) is 17.5 Å². The van der Waals surface area contributed by atoms with Gasteiger partial charge in [-0.05, 0) is 37.5 Å². The molecule has 0 amide bonds. The van der Waals surface area contributed by atoms with Gasteiger partial charge in [-0.2, -0.15) is 0 Å². The van der Waals surface area contributed by atoms with Crippen molar-refractivity contribution in [3.63, 3.8) is 0 Å². The highest BCUT2D eigenvalue weighted by Gasteiger charge is 2.17. The molecule has 0 N–H and O–H groups in total. The van der Waals surface area contributed by atoms with Gasteiger partial charge in [0.05, 0.1) is 5.92 Å². The summed E-state index contributed by atoms with van der Waals surface area (Å²) in [7, 11) is 0. The first kappa shape index (κ1) is 14.3. The van der Waals surface area contributed by atoms with E-state index < -0.39 is 5.63 Å². The topological polar surface area (TPSA) is 56.5 Å². The second-order valence-electron chi connectivity index (χ2n) is 4.84. The first-order valence-corrected chi connectivity index (χ1v) is 6.81. The molecule has 0 aliphatic carbocycles. The number of rotatable bonds is 4. The molecule has 0 radical (unpaired) electrons. The Hall–Kier alpha value is -2.10. The third-order valence-corrected chi connectivity index (χ3v) is 3.46. The Morgan fingerprint density at radius 3 is 2.60 bits per heavy atom. The Labute approximate surface area is 117 Å². The maximum Gasteiger partial charge on any atom is 0.336 e. The number of fused-ring (bicyclic) bond motifs is 1. The van der Waals surface area contributed by atoms with Gasteiger partial charge in [-0.1, -0.05) is 13.8 Å². The summed E-state index contributed by atoms with van der Waals surface area (Å²) in [5.74, 6) is 0.0581. The standard InChI is InChI=1S/C16H18O4/c1-4-11(5-2)16(18)19-12-6-7-13-10(3)8-15(17)20-14(13)9-12/h6-9,11H,4-5H2,1-3H3. The molecule has 1 heterocycles. The predicted molar refractivity (Wildman–Crippen MR) is 76.9 cm³/mol. The first-order valence-electron chi connectivity index (χ1n) is 6.81. The van der Waals surface area contributed by atoms with Gasteiger partial charge in [0.1, 0.15) is 11.3 Å². The summed E-state index contributed by atoms with van der Waals surface area (Å²) in [6.45, 7) is 5.76. The van der Waals surface area contributed by atoms with Gasteiger partial charge in [0.2, 0.25) is 0 Å². The molecule has 2 aromatic rings. The summed E-state index contributed by atoms with van der Waals surface area (Å²) < 4.78 is 10.5. The van der Waals surface area contributed by atoms with Crippen LogP contribution in [0.2, 0.25) is 0 Å². The molecule has 0 saturated carbocycles. The fourth-order valence-electron chi connectivity index (χ4n) is 2.19. The summed E-state index contributed by atoms with van der Waals surface area (Å²) >= 11 is 0. The van der Waals surface area contributed by atoms with Crippen molar-refractivity contribution >= 4 is 16.9 Å². The number of aryl methyl sites for hydroxylation is 1. The maximum atomic E-state index is 11.9. The van der Waals surface area contributed by atoms with Crippen LogP contribution in [0.15, 0.2) is 33.5 Å². The van der Waals surface area contributed by atoms with Gasteiger partial charge in [0.15, 0.2) is 0 Å². The maximum absolute atomic E-state index is 11.9. The van der Waals surface area contributed by atoms with E-state index in [0.29, 0.717) is 11.3 Å². The highest BCUT2D eigenvalue weighted by atomic mass is 16.5. The summed E-state index contributed by atoms with van der Waals surface area (Å²) in [5, 5.41) is 0.840. The minimum Gasteiger partial charge on any atom is -0.426 e. The van der Waals surface area contributed by atoms with Crippen molar-refractivity contribution in [2.75, 3.05) is 0 Å². The Morgan fingerprint density at radius 1 is 1.25 bits per heavy atom. The predicted octanol–water partition coefficient (Wildman–Crippen LogP) is 3.44. The minimum atomic E-state index is -0.404. The molecule has 0 aliphatic rings. The molecule has 2 rings (SSSR count). The molecule has 20 heavy (non-hydrogen) atoms. The third-order valence-electron chi connectivity index (χ3n) is 3.46. The Kier molecular flexibility index (Phi) is 4.23. The number of hydrogen-bond acceptors (Lipinski definition) is 4. The number of ether oxygens (including phenoxy) is 1. The molecule has 106 valence electrons. The molecule has 0 fully saturated rings. The zero-order valence-electron chi connectivity index (χ0n) is 11.9. The van der Waals surface area contributed by atoms with Crippen molar-refractivity contribution in [2.24, 2.45) is 5.92 Å². The second-order valence-corrected chi connectivity index (χ2v) is 4.84. The van der Waals surface area contributed by atoms with Crippen LogP contribution in [0.5, 0.6) is 5.75 Å². The number of esters is 1. The molecule has 4 heteroatoms. The van der Waals surface area contributed by atoms with Crippen LogP contribution < -0.4 is 10.4 Å². The summed E-state index contributed by atoms with van der Waals surface area (Å²) in [4.78, 5) is 23.3. The fraction of sp³-hybridized carbons (Fsp3) is 0.375. The molecule has 0 spiro atoms. The van der Waals surface area contributed by atoms with Crippen LogP contribution in [0.4, 0.5) is 0 Å². The van der Waals surface area contributed by atoms with Crippen molar-refractivity contribution in [1.29, 1.82) is 0 Å². The first-order chi connectivity index (χ1) is 9.55. The van der Waals surface area contributed by atoms with Crippen LogP contribution in [0, 0.1) is 12.8 Å². The van der Waals surface area contributed by atoms with Crippen LogP contribution in [-0.2, 0) is 4.79 Å². The SMILES string of the molecule is CCC(CC)C(=O)Oc1ccc2c(C)cc(=O)oc2c1. The highest BCUT2D eigenvalue weighted by Crippen LogP contribution is 2.23. The highest BCUT2D eigenvalue weighted by molar-refractivity contribution is 5.82. The van der Waals surface area contributed by atoms with E-state index >= 15 is 0 Å². The van der Waals surface area contributed by atoms with Crippen molar-refractivity contribution < 1.29 is 13.9 Å². The molecule has 1 aromatic carbocycles. The van der Waals surface area contributed by atoms with Gasteiger partial charge in [-0.3, -0.25) is 4.79 Å². The Bertz CT molecular complexity index is 680. The lowest BCUT2D eigenvalue weighted by atomic mass is 10.0. The third kappa shape index (κ3) is 2.90. The summed E-state index contributed by atoms with van der Waals surface area (Å²) in [5.41, 5.74) is 0.873. The Balaban J connectivity index is 2.33. The van der Waals surface area contributed by atoms with E-state index in [1.807, 2.05) is 20.8 Å². The van der Waals surface area contributed by atoms with E-state index in [-0.39, 0.29) is 11.9 Å². The van der Waals surface area contributed by atoms with Gasteiger partial charge in [0.25, 0.3) is 0 Å². The van der Waals surface area contributed by atoms with E-state index in [2.05, 4.69) is 0 Å². The molecular formula is C16H18O4. The van der Waals surface area contributed by atoms with E-state index in [4.69, 9.17) is 9.15 Å². The van der Waals surface area contributed by atoms with Crippen molar-refractivity contribution in [3.05, 3.63) is 40.2 Å². The van der Waals surface area contributed by atoms with Crippen LogP contribution >= 0.6 is 0 Å². The average Bonchev–Trinajstić information content (AvgIpc) is 2.39. The van der Waals surface area contributed by atoms with Crippen molar-refractivity contribution in [3.8, 4) is 5.75 Å². The molecule has 0 bridgehead atoms. The molecule has 4 nitrogen and oxygen atoms in total. The lowest BCUT2D eigenvalue weighted by molar-refractivity contribution is -0.139.